The molecule has 0 unspecified atom stereocenters. The Labute approximate surface area is 95.4 Å². The van der Waals surface area contributed by atoms with Crippen molar-refractivity contribution < 1.29 is 14.3 Å². The summed E-state index contributed by atoms with van der Waals surface area (Å²) >= 11 is 0. The molecule has 0 aliphatic carbocycles. The van der Waals surface area contributed by atoms with Crippen molar-refractivity contribution in [2.75, 3.05) is 13.2 Å². The first-order chi connectivity index (χ1) is 7.79. The predicted octanol–water partition coefficient (Wildman–Crippen LogP) is 2.19. The SMILES string of the molecule is CCc1cccc(C(=O)CC2OCCO2)c1. The van der Waals surface area contributed by atoms with Crippen LogP contribution < -0.4 is 0 Å². The molecule has 0 bridgehead atoms. The van der Waals surface area contributed by atoms with Crippen LogP contribution in [0, 0.1) is 0 Å². The molecule has 0 amide bonds. The lowest BCUT2D eigenvalue weighted by Crippen LogP contribution is -2.14. The van der Waals surface area contributed by atoms with Gasteiger partial charge >= 0.3 is 0 Å². The van der Waals surface area contributed by atoms with E-state index in [-0.39, 0.29) is 12.1 Å². The summed E-state index contributed by atoms with van der Waals surface area (Å²) in [5, 5.41) is 0. The second kappa shape index (κ2) is 5.23. The Morgan fingerprint density at radius 1 is 1.38 bits per heavy atom. The molecule has 2 rings (SSSR count). The van der Waals surface area contributed by atoms with Crippen molar-refractivity contribution in [3.05, 3.63) is 35.4 Å². The molecular formula is C13H16O3. The van der Waals surface area contributed by atoms with Gasteiger partial charge in [0.25, 0.3) is 0 Å². The van der Waals surface area contributed by atoms with Gasteiger partial charge in [-0.15, -0.1) is 0 Å². The number of rotatable bonds is 4. The fraction of sp³-hybridized carbons (Fsp3) is 0.462. The van der Waals surface area contributed by atoms with Crippen molar-refractivity contribution in [2.24, 2.45) is 0 Å². The second-order valence-electron chi connectivity index (χ2n) is 3.85. The average Bonchev–Trinajstić information content (AvgIpc) is 2.82. The number of ether oxygens (including phenoxy) is 2. The van der Waals surface area contributed by atoms with Gasteiger partial charge in [-0.1, -0.05) is 25.1 Å². The lowest BCUT2D eigenvalue weighted by atomic mass is 10.0. The number of Topliss-reactive ketones (excluding diaryl/α,β-unsaturated/α-hetero) is 1. The largest absolute Gasteiger partial charge is 0.350 e. The van der Waals surface area contributed by atoms with E-state index in [9.17, 15) is 4.79 Å². The third-order valence-electron chi connectivity index (χ3n) is 2.70. The summed E-state index contributed by atoms with van der Waals surface area (Å²) in [5.41, 5.74) is 1.93. The second-order valence-corrected chi connectivity index (χ2v) is 3.85. The highest BCUT2D eigenvalue weighted by molar-refractivity contribution is 5.96. The first kappa shape index (κ1) is 11.3. The lowest BCUT2D eigenvalue weighted by molar-refractivity contribution is -0.0407. The molecule has 0 radical (unpaired) electrons. The predicted molar refractivity (Wildman–Crippen MR) is 60.5 cm³/mol. The maximum atomic E-state index is 11.9. The molecule has 0 saturated carbocycles. The third kappa shape index (κ3) is 2.68. The van der Waals surface area contributed by atoms with Crippen molar-refractivity contribution in [3.63, 3.8) is 0 Å². The van der Waals surface area contributed by atoms with Gasteiger partial charge in [-0.25, -0.2) is 0 Å². The highest BCUT2D eigenvalue weighted by atomic mass is 16.7. The van der Waals surface area contributed by atoms with Gasteiger partial charge in [0, 0.05) is 5.56 Å². The third-order valence-corrected chi connectivity index (χ3v) is 2.70. The molecule has 1 aliphatic heterocycles. The molecule has 0 spiro atoms. The summed E-state index contributed by atoms with van der Waals surface area (Å²) in [6.45, 7) is 3.26. The smallest absolute Gasteiger partial charge is 0.167 e. The van der Waals surface area contributed by atoms with E-state index in [1.165, 1.54) is 5.56 Å². The lowest BCUT2D eigenvalue weighted by Gasteiger charge is -2.08. The number of ketones is 1. The molecule has 0 aromatic heterocycles. The van der Waals surface area contributed by atoms with E-state index < -0.39 is 0 Å². The summed E-state index contributed by atoms with van der Waals surface area (Å²) in [7, 11) is 0. The molecule has 3 nitrogen and oxygen atoms in total. The summed E-state index contributed by atoms with van der Waals surface area (Å²) in [6.07, 6.45) is 0.905. The Hall–Kier alpha value is -1.19. The van der Waals surface area contributed by atoms with Crippen LogP contribution >= 0.6 is 0 Å². The quantitative estimate of drug-likeness (QED) is 0.730. The molecule has 1 aromatic carbocycles. The monoisotopic (exact) mass is 220 g/mol. The number of carbonyl (C=O) groups excluding carboxylic acids is 1. The van der Waals surface area contributed by atoms with Gasteiger partial charge in [-0.2, -0.15) is 0 Å². The summed E-state index contributed by atoms with van der Waals surface area (Å²) < 4.78 is 10.5. The van der Waals surface area contributed by atoms with Gasteiger partial charge in [0.1, 0.15) is 0 Å². The van der Waals surface area contributed by atoms with E-state index in [0.717, 1.165) is 12.0 Å². The van der Waals surface area contributed by atoms with Gasteiger partial charge < -0.3 is 9.47 Å². The Balaban J connectivity index is 2.01. The first-order valence-corrected chi connectivity index (χ1v) is 5.65. The Bertz CT molecular complexity index is 367. The van der Waals surface area contributed by atoms with E-state index in [1.54, 1.807) is 0 Å². The van der Waals surface area contributed by atoms with Crippen LogP contribution in [0.15, 0.2) is 24.3 Å². The van der Waals surface area contributed by atoms with Crippen molar-refractivity contribution in [1.29, 1.82) is 0 Å². The van der Waals surface area contributed by atoms with E-state index in [2.05, 4.69) is 6.92 Å². The minimum absolute atomic E-state index is 0.0854. The topological polar surface area (TPSA) is 35.5 Å². The van der Waals surface area contributed by atoms with Crippen molar-refractivity contribution in [1.82, 2.24) is 0 Å². The first-order valence-electron chi connectivity index (χ1n) is 5.65. The summed E-state index contributed by atoms with van der Waals surface area (Å²) in [5.74, 6) is 0.0854. The van der Waals surface area contributed by atoms with E-state index >= 15 is 0 Å². The average molecular weight is 220 g/mol. The zero-order valence-electron chi connectivity index (χ0n) is 9.44. The molecule has 1 fully saturated rings. The van der Waals surface area contributed by atoms with Gasteiger partial charge in [0.2, 0.25) is 0 Å². The van der Waals surface area contributed by atoms with Crippen LogP contribution in [0.3, 0.4) is 0 Å². The minimum Gasteiger partial charge on any atom is -0.350 e. The zero-order chi connectivity index (χ0) is 11.4. The molecule has 1 aliphatic rings. The highest BCUT2D eigenvalue weighted by Crippen LogP contribution is 2.14. The van der Waals surface area contributed by atoms with Crippen LogP contribution in [0.25, 0.3) is 0 Å². The van der Waals surface area contributed by atoms with Crippen molar-refractivity contribution >= 4 is 5.78 Å². The maximum Gasteiger partial charge on any atom is 0.167 e. The Morgan fingerprint density at radius 3 is 2.81 bits per heavy atom. The van der Waals surface area contributed by atoms with Crippen LogP contribution in [0.1, 0.15) is 29.3 Å². The Kier molecular flexibility index (Phi) is 3.70. The Morgan fingerprint density at radius 2 is 2.12 bits per heavy atom. The van der Waals surface area contributed by atoms with Crippen molar-refractivity contribution in [2.45, 2.75) is 26.1 Å². The van der Waals surface area contributed by atoms with E-state index in [0.29, 0.717) is 19.6 Å². The molecule has 1 aromatic rings. The van der Waals surface area contributed by atoms with Crippen LogP contribution in [-0.4, -0.2) is 25.3 Å². The van der Waals surface area contributed by atoms with Crippen LogP contribution in [0.5, 0.6) is 0 Å². The molecular weight excluding hydrogens is 204 g/mol. The molecule has 0 atom stereocenters. The van der Waals surface area contributed by atoms with Gasteiger partial charge in [-0.3, -0.25) is 4.79 Å². The fourth-order valence-electron chi connectivity index (χ4n) is 1.76. The number of carbonyl (C=O) groups is 1. The number of benzene rings is 1. The summed E-state index contributed by atoms with van der Waals surface area (Å²) in [6, 6.07) is 7.73. The number of hydrogen-bond donors (Lipinski definition) is 0. The molecule has 1 saturated heterocycles. The standard InChI is InChI=1S/C13H16O3/c1-2-10-4-3-5-11(8-10)12(14)9-13-15-6-7-16-13/h3-5,8,13H,2,6-7,9H2,1H3. The fourth-order valence-corrected chi connectivity index (χ4v) is 1.76. The maximum absolute atomic E-state index is 11.9. The van der Waals surface area contributed by atoms with E-state index in [4.69, 9.17) is 9.47 Å². The molecule has 0 N–H and O–H groups in total. The normalized spacial score (nSPS) is 16.6. The van der Waals surface area contributed by atoms with Gasteiger partial charge in [0.15, 0.2) is 12.1 Å². The molecule has 86 valence electrons. The van der Waals surface area contributed by atoms with Gasteiger partial charge in [-0.05, 0) is 18.1 Å². The number of aryl methyl sites for hydroxylation is 1. The summed E-state index contributed by atoms with van der Waals surface area (Å²) in [4.78, 5) is 11.9. The molecule has 3 heteroatoms. The van der Waals surface area contributed by atoms with Crippen LogP contribution in [0.4, 0.5) is 0 Å². The van der Waals surface area contributed by atoms with E-state index in [1.807, 2.05) is 24.3 Å². The van der Waals surface area contributed by atoms with Crippen LogP contribution in [-0.2, 0) is 15.9 Å². The molecule has 16 heavy (non-hydrogen) atoms. The van der Waals surface area contributed by atoms with Gasteiger partial charge in [0.05, 0.1) is 19.6 Å². The van der Waals surface area contributed by atoms with Crippen LogP contribution in [0.2, 0.25) is 0 Å². The van der Waals surface area contributed by atoms with Crippen molar-refractivity contribution in [3.8, 4) is 0 Å². The molecule has 1 heterocycles. The number of hydrogen-bond acceptors (Lipinski definition) is 3. The minimum atomic E-state index is -0.349. The highest BCUT2D eigenvalue weighted by Gasteiger charge is 2.20. The zero-order valence-corrected chi connectivity index (χ0v) is 9.44.